The van der Waals surface area contributed by atoms with Gasteiger partial charge in [0.15, 0.2) is 17.3 Å². The van der Waals surface area contributed by atoms with Crippen LogP contribution in [-0.2, 0) is 14.4 Å². The lowest BCUT2D eigenvalue weighted by atomic mass is 9.62. The van der Waals surface area contributed by atoms with Crippen LogP contribution in [0.1, 0.15) is 74.7 Å². The summed E-state index contributed by atoms with van der Waals surface area (Å²) in [7, 11) is 0. The number of Topliss-reactive ketones (excluding diaryl/α,β-unsaturated/α-hetero) is 3. The summed E-state index contributed by atoms with van der Waals surface area (Å²) in [6.45, 7) is 14.7. The van der Waals surface area contributed by atoms with Crippen LogP contribution < -0.4 is 0 Å². The molecule has 2 N–H and O–H groups in total. The molecule has 0 saturated heterocycles. The Morgan fingerprint density at radius 2 is 1.77 bits per heavy atom. The average molecular weight is 417 g/mol. The van der Waals surface area contributed by atoms with Crippen molar-refractivity contribution in [2.45, 2.75) is 80.3 Å². The van der Waals surface area contributed by atoms with E-state index in [1.807, 2.05) is 33.8 Å². The van der Waals surface area contributed by atoms with Gasteiger partial charge >= 0.3 is 0 Å². The second kappa shape index (κ2) is 6.62. The zero-order valence-electron chi connectivity index (χ0n) is 19.5. The molecule has 0 heterocycles. The van der Waals surface area contributed by atoms with Crippen molar-refractivity contribution >= 4 is 17.3 Å². The molecular weight excluding hydrogens is 380 g/mol. The van der Waals surface area contributed by atoms with E-state index in [9.17, 15) is 24.6 Å². The van der Waals surface area contributed by atoms with Gasteiger partial charge in [-0.25, -0.2) is 0 Å². The Bertz CT molecular complexity index is 878. The summed E-state index contributed by atoms with van der Waals surface area (Å²) in [5, 5.41) is 22.1. The molecule has 5 nitrogen and oxygen atoms in total. The molecule has 5 heteroatoms. The number of allylic oxidation sites excluding steroid dienone is 4. The van der Waals surface area contributed by atoms with Crippen molar-refractivity contribution in [2.24, 2.45) is 34.0 Å². The van der Waals surface area contributed by atoms with Crippen LogP contribution in [0.3, 0.4) is 0 Å². The van der Waals surface area contributed by atoms with Crippen LogP contribution in [0.25, 0.3) is 0 Å². The number of rotatable bonds is 5. The van der Waals surface area contributed by atoms with E-state index < -0.39 is 39.3 Å². The van der Waals surface area contributed by atoms with Crippen molar-refractivity contribution in [3.63, 3.8) is 0 Å². The molecule has 4 atom stereocenters. The number of ketones is 3. The Labute approximate surface area is 179 Å². The van der Waals surface area contributed by atoms with Crippen molar-refractivity contribution in [3.8, 4) is 0 Å². The molecule has 0 aromatic heterocycles. The molecule has 0 radical (unpaired) electrons. The molecule has 30 heavy (non-hydrogen) atoms. The van der Waals surface area contributed by atoms with E-state index in [0.29, 0.717) is 6.42 Å². The maximum atomic E-state index is 14.0. The summed E-state index contributed by atoms with van der Waals surface area (Å²) in [6.07, 6.45) is 2.73. The SMILES string of the molecule is CC(C)=CCC12C[C@H]3C(C)(C)[C@H](C(C)(C)O)C[C@@]3(C(=O)C(C(=O)C(C)C)=C1O)C2=O. The van der Waals surface area contributed by atoms with Crippen molar-refractivity contribution in [1.29, 1.82) is 0 Å². The van der Waals surface area contributed by atoms with Crippen LogP contribution in [-0.4, -0.2) is 33.2 Å². The average Bonchev–Trinajstić information content (AvgIpc) is 2.97. The smallest absolute Gasteiger partial charge is 0.183 e. The number of aliphatic hydroxyl groups is 2. The van der Waals surface area contributed by atoms with Gasteiger partial charge in [-0.2, -0.15) is 0 Å². The molecule has 2 bridgehead atoms. The zero-order chi connectivity index (χ0) is 23.0. The van der Waals surface area contributed by atoms with Gasteiger partial charge in [-0.15, -0.1) is 0 Å². The van der Waals surface area contributed by atoms with E-state index in [-0.39, 0.29) is 41.8 Å². The molecule has 3 aliphatic carbocycles. The van der Waals surface area contributed by atoms with Gasteiger partial charge in [-0.05, 0) is 64.2 Å². The zero-order valence-corrected chi connectivity index (χ0v) is 19.5. The summed E-state index contributed by atoms with van der Waals surface area (Å²) < 4.78 is 0. The van der Waals surface area contributed by atoms with Crippen LogP contribution in [0, 0.1) is 34.0 Å². The highest BCUT2D eigenvalue weighted by Gasteiger charge is 2.78. The molecule has 1 spiro atoms. The van der Waals surface area contributed by atoms with Crippen LogP contribution in [0.2, 0.25) is 0 Å². The van der Waals surface area contributed by atoms with Gasteiger partial charge in [0, 0.05) is 5.92 Å². The van der Waals surface area contributed by atoms with Gasteiger partial charge in [0.25, 0.3) is 0 Å². The molecule has 2 saturated carbocycles. The molecule has 0 aromatic carbocycles. The minimum absolute atomic E-state index is 0.179. The molecule has 166 valence electrons. The van der Waals surface area contributed by atoms with E-state index in [0.717, 1.165) is 5.57 Å². The number of carbonyl (C=O) groups excluding carboxylic acids is 3. The highest BCUT2D eigenvalue weighted by Crippen LogP contribution is 2.73. The van der Waals surface area contributed by atoms with Gasteiger partial charge in [0.05, 0.1) is 16.4 Å². The second-order valence-corrected chi connectivity index (χ2v) is 11.4. The fourth-order valence-corrected chi connectivity index (χ4v) is 6.62. The third kappa shape index (κ3) is 2.73. The lowest BCUT2D eigenvalue weighted by Gasteiger charge is -2.41. The topological polar surface area (TPSA) is 91.7 Å². The summed E-state index contributed by atoms with van der Waals surface area (Å²) in [5.41, 5.74) is -3.34. The maximum absolute atomic E-state index is 14.0. The first kappa shape index (κ1) is 22.9. The monoisotopic (exact) mass is 416 g/mol. The summed E-state index contributed by atoms with van der Waals surface area (Å²) in [4.78, 5) is 40.9. The summed E-state index contributed by atoms with van der Waals surface area (Å²) >= 11 is 0. The molecule has 3 rings (SSSR count). The summed E-state index contributed by atoms with van der Waals surface area (Å²) in [5.74, 6) is -2.61. The normalized spacial score (nSPS) is 35.1. The number of carbonyl (C=O) groups is 3. The summed E-state index contributed by atoms with van der Waals surface area (Å²) in [6, 6.07) is 0. The van der Waals surface area contributed by atoms with E-state index in [1.165, 1.54) is 0 Å². The van der Waals surface area contributed by atoms with Gasteiger partial charge < -0.3 is 10.2 Å². The van der Waals surface area contributed by atoms with Gasteiger partial charge in [-0.3, -0.25) is 14.4 Å². The molecule has 1 unspecified atom stereocenters. The Balaban J connectivity index is 2.30. The van der Waals surface area contributed by atoms with Crippen molar-refractivity contribution in [1.82, 2.24) is 0 Å². The predicted octanol–water partition coefficient (Wildman–Crippen LogP) is 4.34. The molecule has 3 aliphatic rings. The molecule has 0 amide bonds. The van der Waals surface area contributed by atoms with Gasteiger partial charge in [0.2, 0.25) is 0 Å². The Hall–Kier alpha value is -1.75. The quantitative estimate of drug-likeness (QED) is 0.395. The largest absolute Gasteiger partial charge is 0.510 e. The number of aliphatic hydroxyl groups excluding tert-OH is 1. The predicted molar refractivity (Wildman–Crippen MR) is 115 cm³/mol. The fraction of sp³-hybridized carbons (Fsp3) is 0.720. The fourth-order valence-electron chi connectivity index (χ4n) is 6.62. The Kier molecular flexibility index (Phi) is 5.06. The maximum Gasteiger partial charge on any atom is 0.183 e. The van der Waals surface area contributed by atoms with Crippen molar-refractivity contribution in [3.05, 3.63) is 23.0 Å². The Morgan fingerprint density at radius 3 is 2.23 bits per heavy atom. The Morgan fingerprint density at radius 1 is 1.20 bits per heavy atom. The standard InChI is InChI=1S/C25H36O5/c1-13(2)9-10-24-11-16-22(5,6)15(23(7,8)30)12-25(16,21(24)29)20(28)17(19(24)27)18(26)14(3)4/h9,14-16,27,30H,10-12H2,1-8H3/t15-,16+,24?,25-/m1/s1. The van der Waals surface area contributed by atoms with E-state index in [2.05, 4.69) is 0 Å². The lowest BCUT2D eigenvalue weighted by molar-refractivity contribution is -0.145. The third-order valence-corrected chi connectivity index (χ3v) is 8.11. The third-order valence-electron chi connectivity index (χ3n) is 8.11. The molecule has 0 aromatic rings. The first-order chi connectivity index (χ1) is 13.5. The molecule has 2 fully saturated rings. The number of hydrogen-bond donors (Lipinski definition) is 2. The van der Waals surface area contributed by atoms with Crippen molar-refractivity contribution < 1.29 is 24.6 Å². The highest BCUT2D eigenvalue weighted by atomic mass is 16.3. The van der Waals surface area contributed by atoms with E-state index in [1.54, 1.807) is 27.7 Å². The minimum atomic E-state index is -1.35. The van der Waals surface area contributed by atoms with Crippen LogP contribution in [0.15, 0.2) is 23.0 Å². The first-order valence-electron chi connectivity index (χ1n) is 11.0. The minimum Gasteiger partial charge on any atom is -0.510 e. The number of fused-ring (bicyclic) bond motifs is 1. The van der Waals surface area contributed by atoms with Gasteiger partial charge in [-0.1, -0.05) is 39.3 Å². The van der Waals surface area contributed by atoms with Crippen molar-refractivity contribution in [2.75, 3.05) is 0 Å². The molecular formula is C25H36O5. The lowest BCUT2D eigenvalue weighted by Crippen LogP contribution is -2.50. The number of hydrogen-bond acceptors (Lipinski definition) is 5. The van der Waals surface area contributed by atoms with Crippen LogP contribution in [0.5, 0.6) is 0 Å². The van der Waals surface area contributed by atoms with Crippen LogP contribution >= 0.6 is 0 Å². The first-order valence-corrected chi connectivity index (χ1v) is 11.0. The van der Waals surface area contributed by atoms with E-state index >= 15 is 0 Å². The molecule has 0 aliphatic heterocycles. The van der Waals surface area contributed by atoms with E-state index in [4.69, 9.17) is 0 Å². The van der Waals surface area contributed by atoms with Crippen LogP contribution in [0.4, 0.5) is 0 Å². The van der Waals surface area contributed by atoms with Gasteiger partial charge in [0.1, 0.15) is 11.3 Å². The highest BCUT2D eigenvalue weighted by molar-refractivity contribution is 6.32. The second-order valence-electron chi connectivity index (χ2n) is 11.4.